The van der Waals surface area contributed by atoms with Gasteiger partial charge in [-0.1, -0.05) is 0 Å². The van der Waals surface area contributed by atoms with Gasteiger partial charge in [0, 0.05) is 28.4 Å². The Morgan fingerprint density at radius 2 is 2.24 bits per heavy atom. The maximum Gasteiger partial charge on any atom is 0.253 e. The first kappa shape index (κ1) is 13.0. The molecule has 1 aromatic rings. The summed E-state index contributed by atoms with van der Waals surface area (Å²) in [6.45, 7) is 1.10. The number of ether oxygens (including phenoxy) is 1. The fourth-order valence-electron chi connectivity index (χ4n) is 1.84. The van der Waals surface area contributed by atoms with E-state index in [1.165, 1.54) is 11.3 Å². The molecule has 4 nitrogen and oxygen atoms in total. The van der Waals surface area contributed by atoms with Gasteiger partial charge in [-0.3, -0.25) is 4.79 Å². The van der Waals surface area contributed by atoms with E-state index in [-0.39, 0.29) is 12.5 Å². The molecule has 17 heavy (non-hydrogen) atoms. The summed E-state index contributed by atoms with van der Waals surface area (Å²) in [6, 6.07) is 0. The number of halogens is 1. The quantitative estimate of drug-likeness (QED) is 0.893. The molecule has 0 unspecified atom stereocenters. The van der Waals surface area contributed by atoms with Crippen LogP contribution in [0.1, 0.15) is 23.2 Å². The minimum absolute atomic E-state index is 0.0517. The molecule has 6 heteroatoms. The molecule has 0 radical (unpaired) electrons. The smallest absolute Gasteiger partial charge is 0.253 e. The summed E-state index contributed by atoms with van der Waals surface area (Å²) >= 11 is 4.80. The summed E-state index contributed by atoms with van der Waals surface area (Å²) in [5.74, 6) is -0.144. The van der Waals surface area contributed by atoms with Gasteiger partial charge in [0.1, 0.15) is 0 Å². The third kappa shape index (κ3) is 2.88. The van der Waals surface area contributed by atoms with Crippen LogP contribution in [0.4, 0.5) is 0 Å². The van der Waals surface area contributed by atoms with Crippen LogP contribution in [0.15, 0.2) is 15.2 Å². The number of thiophene rings is 1. The maximum atomic E-state index is 12.1. The number of hydrogen-bond acceptors (Lipinski definition) is 4. The van der Waals surface area contributed by atoms with Crippen molar-refractivity contribution in [3.8, 4) is 0 Å². The summed E-state index contributed by atoms with van der Waals surface area (Å²) in [6.07, 6.45) is 1.30. The number of aliphatic hydroxyl groups excluding tert-OH is 1. The molecular formula is C11H14BrNO3S. The molecule has 94 valence electrons. The minimum atomic E-state index is -0.531. The van der Waals surface area contributed by atoms with E-state index in [0.29, 0.717) is 31.6 Å². The van der Waals surface area contributed by atoms with E-state index in [4.69, 9.17) is 4.74 Å². The van der Waals surface area contributed by atoms with Crippen LogP contribution in [-0.4, -0.2) is 36.4 Å². The maximum absolute atomic E-state index is 12.1. The van der Waals surface area contributed by atoms with Crippen LogP contribution < -0.4 is 5.32 Å². The van der Waals surface area contributed by atoms with E-state index < -0.39 is 5.54 Å². The van der Waals surface area contributed by atoms with Gasteiger partial charge in [0.25, 0.3) is 5.91 Å². The van der Waals surface area contributed by atoms with E-state index in [9.17, 15) is 9.90 Å². The summed E-state index contributed by atoms with van der Waals surface area (Å²) < 4.78 is 6.04. The van der Waals surface area contributed by atoms with Crippen molar-refractivity contribution >= 4 is 33.2 Å². The van der Waals surface area contributed by atoms with E-state index in [1.807, 2.05) is 5.38 Å². The molecule has 1 amide bonds. The highest BCUT2D eigenvalue weighted by Gasteiger charge is 2.34. The van der Waals surface area contributed by atoms with Gasteiger partial charge in [-0.25, -0.2) is 0 Å². The van der Waals surface area contributed by atoms with Gasteiger partial charge in [-0.15, -0.1) is 0 Å². The van der Waals surface area contributed by atoms with E-state index in [1.54, 1.807) is 5.38 Å². The predicted octanol–water partition coefficient (Wildman–Crippen LogP) is 1.78. The Morgan fingerprint density at radius 1 is 1.53 bits per heavy atom. The molecule has 1 aliphatic rings. The first-order valence-corrected chi connectivity index (χ1v) is 7.13. The van der Waals surface area contributed by atoms with Crippen molar-refractivity contribution in [2.45, 2.75) is 18.4 Å². The largest absolute Gasteiger partial charge is 0.394 e. The first-order chi connectivity index (χ1) is 8.17. The molecule has 1 aromatic heterocycles. The lowest BCUT2D eigenvalue weighted by Gasteiger charge is -2.36. The van der Waals surface area contributed by atoms with Crippen LogP contribution >= 0.6 is 27.3 Å². The molecule has 2 N–H and O–H groups in total. The summed E-state index contributed by atoms with van der Waals surface area (Å²) in [4.78, 5) is 12.1. The summed E-state index contributed by atoms with van der Waals surface area (Å²) in [5, 5.41) is 16.1. The van der Waals surface area contributed by atoms with Crippen LogP contribution in [-0.2, 0) is 4.74 Å². The highest BCUT2D eigenvalue weighted by Crippen LogP contribution is 2.24. The Balaban J connectivity index is 2.08. The number of hydrogen-bond donors (Lipinski definition) is 2. The van der Waals surface area contributed by atoms with Crippen molar-refractivity contribution in [1.29, 1.82) is 0 Å². The molecule has 0 aromatic carbocycles. The van der Waals surface area contributed by atoms with Crippen molar-refractivity contribution in [2.24, 2.45) is 0 Å². The number of rotatable bonds is 3. The van der Waals surface area contributed by atoms with Gasteiger partial charge < -0.3 is 15.2 Å². The van der Waals surface area contributed by atoms with Crippen LogP contribution in [0.25, 0.3) is 0 Å². The monoisotopic (exact) mass is 319 g/mol. The highest BCUT2D eigenvalue weighted by atomic mass is 79.9. The van der Waals surface area contributed by atoms with Crippen LogP contribution in [0.2, 0.25) is 0 Å². The molecule has 1 aliphatic heterocycles. The van der Waals surface area contributed by atoms with Crippen molar-refractivity contribution in [1.82, 2.24) is 5.32 Å². The zero-order valence-corrected chi connectivity index (χ0v) is 11.6. The van der Waals surface area contributed by atoms with Crippen LogP contribution in [0, 0.1) is 0 Å². The standard InChI is InChI=1S/C11H14BrNO3S/c12-9-6-17-5-8(9)10(15)13-11(7-14)1-3-16-4-2-11/h5-6,14H,1-4,7H2,(H,13,15). The highest BCUT2D eigenvalue weighted by molar-refractivity contribution is 9.10. The van der Waals surface area contributed by atoms with Crippen molar-refractivity contribution in [3.05, 3.63) is 20.8 Å². The third-order valence-corrected chi connectivity index (χ3v) is 4.69. The second kappa shape index (κ2) is 5.48. The number of aliphatic hydroxyl groups is 1. The fourth-order valence-corrected chi connectivity index (χ4v) is 3.29. The molecule has 2 heterocycles. The molecular weight excluding hydrogens is 306 g/mol. The van der Waals surface area contributed by atoms with E-state index >= 15 is 0 Å². The minimum Gasteiger partial charge on any atom is -0.394 e. The SMILES string of the molecule is O=C(NC1(CO)CCOCC1)c1cscc1Br. The lowest BCUT2D eigenvalue weighted by Crippen LogP contribution is -2.54. The van der Waals surface area contributed by atoms with Gasteiger partial charge in [-0.2, -0.15) is 11.3 Å². The lowest BCUT2D eigenvalue weighted by atomic mass is 9.90. The number of carbonyl (C=O) groups excluding carboxylic acids is 1. The van der Waals surface area contributed by atoms with Gasteiger partial charge >= 0.3 is 0 Å². The number of carbonyl (C=O) groups is 1. The molecule has 2 rings (SSSR count). The number of nitrogens with one attached hydrogen (secondary N) is 1. The number of amides is 1. The zero-order valence-electron chi connectivity index (χ0n) is 9.24. The Kier molecular flexibility index (Phi) is 4.19. The molecule has 0 spiro atoms. The average Bonchev–Trinajstić information content (AvgIpc) is 2.77. The second-order valence-corrected chi connectivity index (χ2v) is 5.74. The molecule has 0 saturated carbocycles. The van der Waals surface area contributed by atoms with Gasteiger partial charge in [0.05, 0.1) is 17.7 Å². The van der Waals surface area contributed by atoms with Gasteiger partial charge in [0.15, 0.2) is 0 Å². The molecule has 0 atom stereocenters. The first-order valence-electron chi connectivity index (χ1n) is 5.40. The molecule has 0 bridgehead atoms. The second-order valence-electron chi connectivity index (χ2n) is 4.14. The molecule has 0 aliphatic carbocycles. The third-order valence-electron chi connectivity index (χ3n) is 2.99. The summed E-state index contributed by atoms with van der Waals surface area (Å²) in [7, 11) is 0. The van der Waals surface area contributed by atoms with Crippen molar-refractivity contribution in [2.75, 3.05) is 19.8 Å². The summed E-state index contributed by atoms with van der Waals surface area (Å²) in [5.41, 5.74) is 0.0887. The van der Waals surface area contributed by atoms with Crippen molar-refractivity contribution in [3.63, 3.8) is 0 Å². The zero-order chi connectivity index (χ0) is 12.3. The fraction of sp³-hybridized carbons (Fsp3) is 0.545. The van der Waals surface area contributed by atoms with Crippen molar-refractivity contribution < 1.29 is 14.6 Å². The van der Waals surface area contributed by atoms with E-state index in [2.05, 4.69) is 21.2 Å². The Hall–Kier alpha value is -0.430. The average molecular weight is 320 g/mol. The van der Waals surface area contributed by atoms with Crippen LogP contribution in [0.5, 0.6) is 0 Å². The van der Waals surface area contributed by atoms with E-state index in [0.717, 1.165) is 4.47 Å². The van der Waals surface area contributed by atoms with Gasteiger partial charge in [-0.05, 0) is 28.8 Å². The molecule has 1 saturated heterocycles. The lowest BCUT2D eigenvalue weighted by molar-refractivity contribution is 0.0125. The Bertz CT molecular complexity index is 401. The van der Waals surface area contributed by atoms with Gasteiger partial charge in [0.2, 0.25) is 0 Å². The molecule has 1 fully saturated rings. The predicted molar refractivity (Wildman–Crippen MR) is 69.4 cm³/mol. The Morgan fingerprint density at radius 3 is 2.76 bits per heavy atom. The normalized spacial score (nSPS) is 18.9. The van der Waals surface area contributed by atoms with Crippen LogP contribution in [0.3, 0.4) is 0 Å². The topological polar surface area (TPSA) is 58.6 Å². The Labute approximate surface area is 112 Å².